The van der Waals surface area contributed by atoms with Gasteiger partial charge in [0.15, 0.2) is 10.8 Å². The molecule has 1 N–H and O–H groups in total. The van der Waals surface area contributed by atoms with Gasteiger partial charge in [-0.3, -0.25) is 4.79 Å². The number of aromatic nitrogens is 2. The molecule has 1 amide bonds. The van der Waals surface area contributed by atoms with Gasteiger partial charge in [-0.1, -0.05) is 25.1 Å². The number of thiazole rings is 1. The maximum absolute atomic E-state index is 13.0. The molecule has 3 aromatic rings. The lowest BCUT2D eigenvalue weighted by Crippen LogP contribution is -2.42. The number of carbonyl (C=O) groups excluding carboxylic acids is 1. The fourth-order valence-corrected chi connectivity index (χ4v) is 4.05. The molecule has 0 saturated carbocycles. The Morgan fingerprint density at radius 2 is 2.22 bits per heavy atom. The average Bonchev–Trinajstić information content (AvgIpc) is 3.47. The number of hydrogen-bond acceptors (Lipinski definition) is 6. The van der Waals surface area contributed by atoms with Crippen molar-refractivity contribution in [2.24, 2.45) is 0 Å². The van der Waals surface area contributed by atoms with Gasteiger partial charge in [0.25, 0.3) is 5.91 Å². The van der Waals surface area contributed by atoms with E-state index in [1.54, 1.807) is 6.20 Å². The molecule has 1 aliphatic rings. The van der Waals surface area contributed by atoms with Crippen molar-refractivity contribution in [1.29, 1.82) is 0 Å². The van der Waals surface area contributed by atoms with Crippen LogP contribution in [0, 0.1) is 0 Å². The van der Waals surface area contributed by atoms with Gasteiger partial charge in [0.05, 0.1) is 6.20 Å². The number of amides is 1. The third kappa shape index (κ3) is 3.79. The van der Waals surface area contributed by atoms with Gasteiger partial charge >= 0.3 is 0 Å². The number of nitrogens with one attached hydrogen (secondary N) is 1. The molecule has 1 saturated heterocycles. The van der Waals surface area contributed by atoms with Gasteiger partial charge in [0.1, 0.15) is 5.69 Å². The molecule has 3 heterocycles. The van der Waals surface area contributed by atoms with E-state index in [0.717, 1.165) is 38.0 Å². The van der Waals surface area contributed by atoms with Crippen molar-refractivity contribution in [3.8, 4) is 22.2 Å². The van der Waals surface area contributed by atoms with Gasteiger partial charge in [0, 0.05) is 30.1 Å². The van der Waals surface area contributed by atoms with Crippen molar-refractivity contribution in [3.63, 3.8) is 0 Å². The molecule has 6 nitrogen and oxygen atoms in total. The Morgan fingerprint density at radius 1 is 1.37 bits per heavy atom. The van der Waals surface area contributed by atoms with E-state index >= 15 is 0 Å². The van der Waals surface area contributed by atoms with Crippen LogP contribution in [0.2, 0.25) is 0 Å². The van der Waals surface area contributed by atoms with Crippen LogP contribution in [-0.2, 0) is 0 Å². The summed E-state index contributed by atoms with van der Waals surface area (Å²) < 4.78 is 5.86. The van der Waals surface area contributed by atoms with E-state index in [0.29, 0.717) is 22.4 Å². The van der Waals surface area contributed by atoms with E-state index in [-0.39, 0.29) is 11.9 Å². The summed E-state index contributed by atoms with van der Waals surface area (Å²) in [5.74, 6) is 1.14. The summed E-state index contributed by atoms with van der Waals surface area (Å²) in [6, 6.07) is 9.99. The Hall–Kier alpha value is -2.51. The highest BCUT2D eigenvalue weighted by atomic mass is 32.1. The van der Waals surface area contributed by atoms with E-state index in [1.807, 2.05) is 40.6 Å². The molecule has 0 radical (unpaired) electrons. The van der Waals surface area contributed by atoms with Crippen LogP contribution in [0.15, 0.2) is 46.3 Å². The third-order valence-corrected chi connectivity index (χ3v) is 5.52. The van der Waals surface area contributed by atoms with E-state index in [9.17, 15) is 4.79 Å². The molecular weight excluding hydrogens is 360 g/mol. The van der Waals surface area contributed by atoms with Crippen LogP contribution in [0.25, 0.3) is 22.2 Å². The Bertz CT molecular complexity index is 900. The first-order chi connectivity index (χ1) is 13.3. The summed E-state index contributed by atoms with van der Waals surface area (Å²) >= 11 is 1.41. The second-order valence-corrected chi connectivity index (χ2v) is 7.44. The van der Waals surface area contributed by atoms with Gasteiger partial charge in [-0.05, 0) is 31.5 Å². The number of hydrogen-bond donors (Lipinski definition) is 1. The van der Waals surface area contributed by atoms with Gasteiger partial charge < -0.3 is 14.6 Å². The number of nitrogens with zero attached hydrogens (tertiary/aromatic N) is 3. The minimum Gasteiger partial charge on any atom is -0.434 e. The lowest BCUT2D eigenvalue weighted by Gasteiger charge is -2.27. The molecule has 1 aliphatic heterocycles. The Balaban J connectivity index is 1.54. The van der Waals surface area contributed by atoms with Gasteiger partial charge in [-0.25, -0.2) is 9.97 Å². The van der Waals surface area contributed by atoms with Crippen LogP contribution >= 0.6 is 11.3 Å². The molecule has 7 heteroatoms. The Labute approximate surface area is 162 Å². The van der Waals surface area contributed by atoms with Crippen molar-refractivity contribution >= 4 is 17.2 Å². The molecule has 0 spiro atoms. The predicted octanol–water partition coefficient (Wildman–Crippen LogP) is 3.68. The van der Waals surface area contributed by atoms with E-state index in [2.05, 4.69) is 22.2 Å². The van der Waals surface area contributed by atoms with Gasteiger partial charge in [-0.2, -0.15) is 0 Å². The standard InChI is InChI=1S/C20H22N4O2S/c1-2-10-24(15-8-9-21-11-15)20(25)16-13-27-19(23-16)17-12-22-18(26-17)14-6-4-3-5-7-14/h3-7,12-13,15,21H,2,8-11H2,1H3/t15-/m0/s1. The van der Waals surface area contributed by atoms with Crippen LogP contribution in [0.5, 0.6) is 0 Å². The van der Waals surface area contributed by atoms with Gasteiger partial charge in [0.2, 0.25) is 5.89 Å². The predicted molar refractivity (Wildman–Crippen MR) is 106 cm³/mol. The van der Waals surface area contributed by atoms with Crippen molar-refractivity contribution in [3.05, 3.63) is 47.6 Å². The topological polar surface area (TPSA) is 71.3 Å². The van der Waals surface area contributed by atoms with Crippen LogP contribution < -0.4 is 5.32 Å². The average molecular weight is 382 g/mol. The molecule has 1 aromatic carbocycles. The molecule has 1 fully saturated rings. The zero-order valence-corrected chi connectivity index (χ0v) is 16.0. The van der Waals surface area contributed by atoms with Gasteiger partial charge in [-0.15, -0.1) is 11.3 Å². The third-order valence-electron chi connectivity index (χ3n) is 4.66. The van der Waals surface area contributed by atoms with E-state index < -0.39 is 0 Å². The summed E-state index contributed by atoms with van der Waals surface area (Å²) in [5, 5.41) is 5.82. The highest BCUT2D eigenvalue weighted by Crippen LogP contribution is 2.29. The monoisotopic (exact) mass is 382 g/mol. The molecule has 2 aromatic heterocycles. The number of benzene rings is 1. The smallest absolute Gasteiger partial charge is 0.273 e. The first-order valence-electron chi connectivity index (χ1n) is 9.25. The summed E-state index contributed by atoms with van der Waals surface area (Å²) in [7, 11) is 0. The number of carbonyl (C=O) groups is 1. The fourth-order valence-electron chi connectivity index (χ4n) is 3.32. The largest absolute Gasteiger partial charge is 0.434 e. The summed E-state index contributed by atoms with van der Waals surface area (Å²) in [5.41, 5.74) is 1.40. The normalized spacial score (nSPS) is 16.6. The Morgan fingerprint density at radius 3 is 2.96 bits per heavy atom. The van der Waals surface area contributed by atoms with Crippen LogP contribution in [0.3, 0.4) is 0 Å². The lowest BCUT2D eigenvalue weighted by molar-refractivity contribution is 0.0687. The van der Waals surface area contributed by atoms with Crippen molar-refractivity contribution in [2.75, 3.05) is 19.6 Å². The highest BCUT2D eigenvalue weighted by molar-refractivity contribution is 7.13. The fraction of sp³-hybridized carbons (Fsp3) is 0.350. The second-order valence-electron chi connectivity index (χ2n) is 6.58. The molecule has 0 aliphatic carbocycles. The molecule has 1 atom stereocenters. The highest BCUT2D eigenvalue weighted by Gasteiger charge is 2.28. The first-order valence-corrected chi connectivity index (χ1v) is 10.1. The van der Waals surface area contributed by atoms with E-state index in [1.165, 1.54) is 11.3 Å². The summed E-state index contributed by atoms with van der Waals surface area (Å²) in [6.07, 6.45) is 3.59. The second kappa shape index (κ2) is 8.02. The lowest BCUT2D eigenvalue weighted by atomic mass is 10.2. The summed E-state index contributed by atoms with van der Waals surface area (Å²) in [4.78, 5) is 23.8. The first kappa shape index (κ1) is 17.9. The molecule has 0 bridgehead atoms. The SMILES string of the molecule is CCCN(C(=O)c1csc(-c2cnc(-c3ccccc3)o2)n1)[C@H]1CCNC1. The number of rotatable bonds is 6. The van der Waals surface area contributed by atoms with Crippen LogP contribution in [0.4, 0.5) is 0 Å². The molecule has 27 heavy (non-hydrogen) atoms. The molecule has 140 valence electrons. The zero-order chi connectivity index (χ0) is 18.6. The Kier molecular flexibility index (Phi) is 5.31. The molecule has 4 rings (SSSR count). The van der Waals surface area contributed by atoms with Crippen LogP contribution in [0.1, 0.15) is 30.3 Å². The molecular formula is C20H22N4O2S. The quantitative estimate of drug-likeness (QED) is 0.704. The van der Waals surface area contributed by atoms with E-state index in [4.69, 9.17) is 4.42 Å². The van der Waals surface area contributed by atoms with Crippen LogP contribution in [-0.4, -0.2) is 46.5 Å². The number of oxazole rings is 1. The van der Waals surface area contributed by atoms with Crippen molar-refractivity contribution in [1.82, 2.24) is 20.2 Å². The minimum atomic E-state index is -0.00384. The zero-order valence-electron chi connectivity index (χ0n) is 15.2. The molecule has 0 unspecified atom stereocenters. The maximum atomic E-state index is 13.0. The van der Waals surface area contributed by atoms with Crippen molar-refractivity contribution in [2.45, 2.75) is 25.8 Å². The minimum absolute atomic E-state index is 0.00384. The summed E-state index contributed by atoms with van der Waals surface area (Å²) in [6.45, 7) is 4.65. The maximum Gasteiger partial charge on any atom is 0.273 e. The van der Waals surface area contributed by atoms with Crippen molar-refractivity contribution < 1.29 is 9.21 Å².